The second-order valence-electron chi connectivity index (χ2n) is 7.67. The third-order valence-electron chi connectivity index (χ3n) is 4.52. The summed E-state index contributed by atoms with van der Waals surface area (Å²) in [4.78, 5) is 0.162. The van der Waals surface area contributed by atoms with Crippen LogP contribution in [-0.2, 0) is 25.5 Å². The highest BCUT2D eigenvalue weighted by Gasteiger charge is 2.28. The van der Waals surface area contributed by atoms with Gasteiger partial charge in [0.25, 0.3) is 10.0 Å². The largest absolute Gasteiger partial charge is 0.280 e. The molecule has 0 bridgehead atoms. The monoisotopic (exact) mass is 408 g/mol. The number of sulfonamides is 2. The average Bonchev–Trinajstić information content (AvgIpc) is 2.93. The first-order valence-corrected chi connectivity index (χ1v) is 11.8. The van der Waals surface area contributed by atoms with Crippen molar-refractivity contribution in [3.05, 3.63) is 54.1 Å². The highest BCUT2D eigenvalue weighted by molar-refractivity contribution is 7.93. The summed E-state index contributed by atoms with van der Waals surface area (Å²) in [6, 6.07) is 13.2. The molecular weight excluding hydrogens is 384 g/mol. The van der Waals surface area contributed by atoms with E-state index in [4.69, 9.17) is 0 Å². The molecule has 146 valence electrons. The molecule has 0 spiro atoms. The summed E-state index contributed by atoms with van der Waals surface area (Å²) in [7, 11) is -7.08. The Balaban J connectivity index is 1.85. The molecule has 1 N–H and O–H groups in total. The molecule has 1 aliphatic rings. The summed E-state index contributed by atoms with van der Waals surface area (Å²) in [6.45, 7) is 6.60. The molecule has 0 saturated carbocycles. The standard InChI is InChI=1S/C19H24N2O4S2/c1-19(2,3)15-8-10-18(11-9-15)27(24,25)20-16-6-4-7-17(14-16)21-12-5-13-26(21,22)23/h4,6-11,14,20H,5,12-13H2,1-3H3. The van der Waals surface area contributed by atoms with Gasteiger partial charge in [0, 0.05) is 6.54 Å². The normalized spacial score (nSPS) is 17.1. The molecule has 1 fully saturated rings. The Hall–Kier alpha value is -2.06. The number of rotatable bonds is 4. The summed E-state index contributed by atoms with van der Waals surface area (Å²) in [5.74, 6) is 0.114. The zero-order chi connectivity index (χ0) is 19.9. The van der Waals surface area contributed by atoms with Crippen LogP contribution >= 0.6 is 0 Å². The van der Waals surface area contributed by atoms with Crippen LogP contribution in [0.1, 0.15) is 32.8 Å². The predicted octanol–water partition coefficient (Wildman–Crippen LogP) is 3.32. The first-order valence-electron chi connectivity index (χ1n) is 8.73. The summed E-state index contributed by atoms with van der Waals surface area (Å²) < 4.78 is 53.4. The van der Waals surface area contributed by atoms with E-state index in [0.29, 0.717) is 24.3 Å². The Morgan fingerprint density at radius 1 is 1.04 bits per heavy atom. The van der Waals surface area contributed by atoms with E-state index in [-0.39, 0.29) is 16.1 Å². The van der Waals surface area contributed by atoms with Crippen LogP contribution in [0.5, 0.6) is 0 Å². The van der Waals surface area contributed by atoms with E-state index >= 15 is 0 Å². The van der Waals surface area contributed by atoms with Crippen LogP contribution in [0.4, 0.5) is 11.4 Å². The van der Waals surface area contributed by atoms with Gasteiger partial charge in [-0.1, -0.05) is 39.0 Å². The second kappa shape index (κ2) is 6.83. The van der Waals surface area contributed by atoms with Crippen molar-refractivity contribution >= 4 is 31.4 Å². The summed E-state index contributed by atoms with van der Waals surface area (Å²) in [5, 5.41) is 0. The molecule has 1 aliphatic heterocycles. The quantitative estimate of drug-likeness (QED) is 0.841. The molecule has 3 rings (SSSR count). The zero-order valence-corrected chi connectivity index (χ0v) is 17.3. The molecule has 0 aromatic heterocycles. The number of benzene rings is 2. The van der Waals surface area contributed by atoms with Crippen LogP contribution in [0, 0.1) is 0 Å². The van der Waals surface area contributed by atoms with Crippen molar-refractivity contribution in [2.45, 2.75) is 37.5 Å². The third kappa shape index (κ3) is 4.27. The lowest BCUT2D eigenvalue weighted by Crippen LogP contribution is -2.25. The topological polar surface area (TPSA) is 83.6 Å². The Bertz CT molecular complexity index is 1040. The zero-order valence-electron chi connectivity index (χ0n) is 15.6. The molecule has 0 aliphatic carbocycles. The minimum Gasteiger partial charge on any atom is -0.280 e. The first-order chi connectivity index (χ1) is 12.5. The van der Waals surface area contributed by atoms with Crippen LogP contribution in [0.2, 0.25) is 0 Å². The molecule has 27 heavy (non-hydrogen) atoms. The van der Waals surface area contributed by atoms with Crippen LogP contribution in [0.25, 0.3) is 0 Å². The number of anilines is 2. The lowest BCUT2D eigenvalue weighted by molar-refractivity contribution is 0.587. The molecule has 8 heteroatoms. The van der Waals surface area contributed by atoms with Gasteiger partial charge in [-0.05, 0) is 47.7 Å². The van der Waals surface area contributed by atoms with Crippen molar-refractivity contribution in [3.8, 4) is 0 Å². The van der Waals surface area contributed by atoms with Crippen LogP contribution in [-0.4, -0.2) is 29.1 Å². The van der Waals surface area contributed by atoms with Gasteiger partial charge in [0.15, 0.2) is 0 Å². The molecule has 1 heterocycles. The van der Waals surface area contributed by atoms with E-state index in [1.807, 2.05) is 12.1 Å². The SMILES string of the molecule is CC(C)(C)c1ccc(S(=O)(=O)Nc2cccc(N3CCCS3(=O)=O)c2)cc1. The first kappa shape index (κ1) is 19.7. The van der Waals surface area contributed by atoms with Crippen LogP contribution in [0.15, 0.2) is 53.4 Å². The Morgan fingerprint density at radius 3 is 2.26 bits per heavy atom. The molecule has 0 atom stereocenters. The van der Waals surface area contributed by atoms with E-state index in [0.717, 1.165) is 5.56 Å². The maximum absolute atomic E-state index is 12.7. The highest BCUT2D eigenvalue weighted by Crippen LogP contribution is 2.28. The van der Waals surface area contributed by atoms with Gasteiger partial charge in [-0.15, -0.1) is 0 Å². The van der Waals surface area contributed by atoms with E-state index in [1.165, 1.54) is 4.31 Å². The lowest BCUT2D eigenvalue weighted by Gasteiger charge is -2.19. The van der Waals surface area contributed by atoms with E-state index in [2.05, 4.69) is 25.5 Å². The van der Waals surface area contributed by atoms with Gasteiger partial charge in [0.2, 0.25) is 10.0 Å². The molecular formula is C19H24N2O4S2. The number of nitrogens with one attached hydrogen (secondary N) is 1. The van der Waals surface area contributed by atoms with Gasteiger partial charge >= 0.3 is 0 Å². The minimum atomic E-state index is -3.76. The second-order valence-corrected chi connectivity index (χ2v) is 11.4. The Kier molecular flexibility index (Phi) is 4.98. The van der Waals surface area contributed by atoms with Crippen LogP contribution < -0.4 is 9.03 Å². The fourth-order valence-corrected chi connectivity index (χ4v) is 5.61. The van der Waals surface area contributed by atoms with Crippen molar-refractivity contribution in [1.29, 1.82) is 0 Å². The Morgan fingerprint density at radius 2 is 1.70 bits per heavy atom. The van der Waals surface area contributed by atoms with Gasteiger partial charge < -0.3 is 0 Å². The predicted molar refractivity (Wildman–Crippen MR) is 108 cm³/mol. The van der Waals surface area contributed by atoms with Crippen molar-refractivity contribution < 1.29 is 16.8 Å². The molecule has 1 saturated heterocycles. The number of hydrogen-bond donors (Lipinski definition) is 1. The molecule has 2 aromatic carbocycles. The molecule has 0 amide bonds. The molecule has 0 radical (unpaired) electrons. The average molecular weight is 409 g/mol. The van der Waals surface area contributed by atoms with Crippen LogP contribution in [0.3, 0.4) is 0 Å². The van der Waals surface area contributed by atoms with Gasteiger partial charge in [0.1, 0.15) is 0 Å². The molecule has 6 nitrogen and oxygen atoms in total. The van der Waals surface area contributed by atoms with Gasteiger partial charge in [0.05, 0.1) is 22.0 Å². The van der Waals surface area contributed by atoms with Crippen molar-refractivity contribution in [1.82, 2.24) is 0 Å². The summed E-state index contributed by atoms with van der Waals surface area (Å²) >= 11 is 0. The van der Waals surface area contributed by atoms with Crippen molar-refractivity contribution in [2.75, 3.05) is 21.3 Å². The molecule has 2 aromatic rings. The Labute approximate surface area is 161 Å². The fourth-order valence-electron chi connectivity index (χ4n) is 3.00. The number of hydrogen-bond acceptors (Lipinski definition) is 4. The van der Waals surface area contributed by atoms with E-state index < -0.39 is 20.0 Å². The lowest BCUT2D eigenvalue weighted by atomic mass is 9.87. The maximum Gasteiger partial charge on any atom is 0.261 e. The smallest absolute Gasteiger partial charge is 0.261 e. The fraction of sp³-hybridized carbons (Fsp3) is 0.368. The third-order valence-corrected chi connectivity index (χ3v) is 7.78. The maximum atomic E-state index is 12.7. The van der Waals surface area contributed by atoms with Gasteiger partial charge in [-0.25, -0.2) is 16.8 Å². The summed E-state index contributed by atoms with van der Waals surface area (Å²) in [5.41, 5.74) is 1.78. The molecule has 0 unspecified atom stereocenters. The minimum absolute atomic E-state index is 0.0642. The highest BCUT2D eigenvalue weighted by atomic mass is 32.2. The van der Waals surface area contributed by atoms with E-state index in [1.54, 1.807) is 36.4 Å². The van der Waals surface area contributed by atoms with Gasteiger partial charge in [-0.2, -0.15) is 0 Å². The van der Waals surface area contributed by atoms with Gasteiger partial charge in [-0.3, -0.25) is 9.03 Å². The van der Waals surface area contributed by atoms with Crippen molar-refractivity contribution in [2.24, 2.45) is 0 Å². The van der Waals surface area contributed by atoms with Crippen molar-refractivity contribution in [3.63, 3.8) is 0 Å². The summed E-state index contributed by atoms with van der Waals surface area (Å²) in [6.07, 6.45) is 0.568. The van der Waals surface area contributed by atoms with E-state index in [9.17, 15) is 16.8 Å². The number of nitrogens with zero attached hydrogens (tertiary/aromatic N) is 1.